The van der Waals surface area contributed by atoms with Crippen LogP contribution in [0.15, 0.2) is 30.5 Å². The average Bonchev–Trinajstić information content (AvgIpc) is 3.01. The molecular weight excluding hydrogens is 274 g/mol. The molecule has 1 aromatic heterocycles. The molecule has 1 atom stereocenters. The minimum Gasteiger partial charge on any atom is -0.361 e. The van der Waals surface area contributed by atoms with Crippen molar-refractivity contribution in [2.75, 3.05) is 13.1 Å². The zero-order chi connectivity index (χ0) is 15.5. The summed E-state index contributed by atoms with van der Waals surface area (Å²) in [5, 5.41) is 4.28. The SMILES string of the molecule is CC1CCN([C@H](C)C(=O)NCc2cccc3[nH]ccc23)CC1. The highest BCUT2D eigenvalue weighted by molar-refractivity contribution is 5.84. The number of rotatable bonds is 4. The van der Waals surface area contributed by atoms with E-state index in [2.05, 4.69) is 40.3 Å². The lowest BCUT2D eigenvalue weighted by Crippen LogP contribution is -2.47. The highest BCUT2D eigenvalue weighted by Gasteiger charge is 2.24. The molecule has 0 aliphatic carbocycles. The quantitative estimate of drug-likeness (QED) is 0.912. The summed E-state index contributed by atoms with van der Waals surface area (Å²) in [7, 11) is 0. The van der Waals surface area contributed by atoms with Crippen molar-refractivity contribution in [3.05, 3.63) is 36.0 Å². The predicted molar refractivity (Wildman–Crippen MR) is 89.6 cm³/mol. The van der Waals surface area contributed by atoms with Crippen LogP contribution in [0.4, 0.5) is 0 Å². The lowest BCUT2D eigenvalue weighted by Gasteiger charge is -2.34. The Balaban J connectivity index is 1.59. The molecule has 0 radical (unpaired) electrons. The summed E-state index contributed by atoms with van der Waals surface area (Å²) in [6, 6.07) is 8.17. The Morgan fingerprint density at radius 3 is 2.91 bits per heavy atom. The molecular formula is C18H25N3O. The maximum atomic E-state index is 12.4. The van der Waals surface area contributed by atoms with Gasteiger partial charge in [0.2, 0.25) is 5.91 Å². The maximum Gasteiger partial charge on any atom is 0.237 e. The van der Waals surface area contributed by atoms with Gasteiger partial charge in [0.25, 0.3) is 0 Å². The first kappa shape index (κ1) is 15.1. The van der Waals surface area contributed by atoms with E-state index in [4.69, 9.17) is 0 Å². The number of piperidine rings is 1. The predicted octanol–water partition coefficient (Wildman–Crippen LogP) is 2.90. The zero-order valence-corrected chi connectivity index (χ0v) is 13.4. The number of nitrogens with zero attached hydrogens (tertiary/aromatic N) is 1. The molecule has 3 rings (SSSR count). The van der Waals surface area contributed by atoms with Crippen molar-refractivity contribution in [1.82, 2.24) is 15.2 Å². The van der Waals surface area contributed by atoms with Crippen LogP contribution in [-0.2, 0) is 11.3 Å². The molecule has 1 amide bonds. The number of hydrogen-bond acceptors (Lipinski definition) is 2. The fraction of sp³-hybridized carbons (Fsp3) is 0.500. The number of amides is 1. The summed E-state index contributed by atoms with van der Waals surface area (Å²) in [6.45, 7) is 6.96. The van der Waals surface area contributed by atoms with Crippen LogP contribution in [0, 0.1) is 5.92 Å². The summed E-state index contributed by atoms with van der Waals surface area (Å²) in [6.07, 6.45) is 4.33. The standard InChI is InChI=1S/C18H25N3O/c1-13-7-10-21(11-8-13)14(2)18(22)20-12-15-4-3-5-17-16(15)6-9-19-17/h3-6,9,13-14,19H,7-8,10-12H2,1-2H3,(H,20,22)/t14-/m1/s1. The minimum atomic E-state index is -0.0436. The Morgan fingerprint density at radius 2 is 2.14 bits per heavy atom. The molecule has 1 fully saturated rings. The van der Waals surface area contributed by atoms with Gasteiger partial charge < -0.3 is 10.3 Å². The molecule has 0 spiro atoms. The van der Waals surface area contributed by atoms with Gasteiger partial charge >= 0.3 is 0 Å². The summed E-state index contributed by atoms with van der Waals surface area (Å²) < 4.78 is 0. The topological polar surface area (TPSA) is 48.1 Å². The van der Waals surface area contributed by atoms with Crippen LogP contribution in [-0.4, -0.2) is 34.9 Å². The van der Waals surface area contributed by atoms with Gasteiger partial charge in [-0.05, 0) is 56.5 Å². The molecule has 1 saturated heterocycles. The van der Waals surface area contributed by atoms with E-state index in [0.29, 0.717) is 6.54 Å². The normalized spacial score (nSPS) is 18.5. The van der Waals surface area contributed by atoms with E-state index in [9.17, 15) is 4.79 Å². The highest BCUT2D eigenvalue weighted by Crippen LogP contribution is 2.19. The molecule has 2 heterocycles. The Kier molecular flexibility index (Phi) is 4.48. The van der Waals surface area contributed by atoms with Crippen LogP contribution < -0.4 is 5.32 Å². The lowest BCUT2D eigenvalue weighted by atomic mass is 9.98. The number of carbonyl (C=O) groups is 1. The molecule has 22 heavy (non-hydrogen) atoms. The molecule has 4 nitrogen and oxygen atoms in total. The van der Waals surface area contributed by atoms with E-state index in [-0.39, 0.29) is 11.9 Å². The van der Waals surface area contributed by atoms with Crippen molar-refractivity contribution in [1.29, 1.82) is 0 Å². The Bertz CT molecular complexity index is 641. The molecule has 4 heteroatoms. The number of nitrogens with one attached hydrogen (secondary N) is 2. The first-order valence-electron chi connectivity index (χ1n) is 8.22. The number of carbonyl (C=O) groups excluding carboxylic acids is 1. The third-order valence-electron chi connectivity index (χ3n) is 4.88. The van der Waals surface area contributed by atoms with Gasteiger partial charge in [-0.25, -0.2) is 0 Å². The van der Waals surface area contributed by atoms with Crippen LogP contribution >= 0.6 is 0 Å². The second-order valence-corrected chi connectivity index (χ2v) is 6.47. The number of H-pyrrole nitrogens is 1. The van der Waals surface area contributed by atoms with Gasteiger partial charge in [0, 0.05) is 23.6 Å². The van der Waals surface area contributed by atoms with Crippen molar-refractivity contribution in [3.8, 4) is 0 Å². The first-order valence-corrected chi connectivity index (χ1v) is 8.22. The Labute approximate surface area is 131 Å². The van der Waals surface area contributed by atoms with Crippen LogP contribution in [0.3, 0.4) is 0 Å². The molecule has 0 unspecified atom stereocenters. The molecule has 2 aromatic rings. The molecule has 0 bridgehead atoms. The monoisotopic (exact) mass is 299 g/mol. The number of hydrogen-bond donors (Lipinski definition) is 2. The molecule has 118 valence electrons. The van der Waals surface area contributed by atoms with Crippen molar-refractivity contribution in [2.45, 2.75) is 39.3 Å². The van der Waals surface area contributed by atoms with E-state index in [1.54, 1.807) is 0 Å². The fourth-order valence-corrected chi connectivity index (χ4v) is 3.22. The maximum absolute atomic E-state index is 12.4. The summed E-state index contributed by atoms with van der Waals surface area (Å²) in [5.41, 5.74) is 2.27. The number of fused-ring (bicyclic) bond motifs is 1. The van der Waals surface area contributed by atoms with E-state index >= 15 is 0 Å². The smallest absolute Gasteiger partial charge is 0.237 e. The van der Waals surface area contributed by atoms with Crippen LogP contribution in [0.25, 0.3) is 10.9 Å². The van der Waals surface area contributed by atoms with Crippen LogP contribution in [0.1, 0.15) is 32.3 Å². The van der Waals surface area contributed by atoms with E-state index in [1.807, 2.05) is 19.2 Å². The Morgan fingerprint density at radius 1 is 1.36 bits per heavy atom. The third-order valence-corrected chi connectivity index (χ3v) is 4.88. The second kappa shape index (κ2) is 6.53. The second-order valence-electron chi connectivity index (χ2n) is 6.47. The fourth-order valence-electron chi connectivity index (χ4n) is 3.22. The van der Waals surface area contributed by atoms with Crippen LogP contribution in [0.2, 0.25) is 0 Å². The molecule has 2 N–H and O–H groups in total. The van der Waals surface area contributed by atoms with Gasteiger partial charge in [-0.3, -0.25) is 9.69 Å². The summed E-state index contributed by atoms with van der Waals surface area (Å²) >= 11 is 0. The van der Waals surface area contributed by atoms with Gasteiger partial charge in [0.15, 0.2) is 0 Å². The van der Waals surface area contributed by atoms with Crippen molar-refractivity contribution >= 4 is 16.8 Å². The van der Waals surface area contributed by atoms with Gasteiger partial charge in [-0.1, -0.05) is 19.1 Å². The third kappa shape index (κ3) is 3.17. The molecule has 1 aromatic carbocycles. The highest BCUT2D eigenvalue weighted by atomic mass is 16.2. The van der Waals surface area contributed by atoms with Crippen molar-refractivity contribution in [2.24, 2.45) is 5.92 Å². The minimum absolute atomic E-state index is 0.0436. The van der Waals surface area contributed by atoms with E-state index in [0.717, 1.165) is 30.1 Å². The number of aromatic amines is 1. The van der Waals surface area contributed by atoms with Crippen molar-refractivity contribution in [3.63, 3.8) is 0 Å². The summed E-state index contributed by atoms with van der Waals surface area (Å²) in [4.78, 5) is 17.9. The van der Waals surface area contributed by atoms with Gasteiger partial charge in [-0.2, -0.15) is 0 Å². The first-order chi connectivity index (χ1) is 10.6. The largest absolute Gasteiger partial charge is 0.361 e. The number of benzene rings is 1. The van der Waals surface area contributed by atoms with E-state index in [1.165, 1.54) is 18.2 Å². The Hall–Kier alpha value is -1.81. The molecule has 1 aliphatic rings. The van der Waals surface area contributed by atoms with Gasteiger partial charge in [0.05, 0.1) is 6.04 Å². The van der Waals surface area contributed by atoms with E-state index < -0.39 is 0 Å². The lowest BCUT2D eigenvalue weighted by molar-refractivity contribution is -0.126. The zero-order valence-electron chi connectivity index (χ0n) is 13.4. The average molecular weight is 299 g/mol. The molecule has 1 aliphatic heterocycles. The summed E-state index contributed by atoms with van der Waals surface area (Å²) in [5.74, 6) is 0.916. The van der Waals surface area contributed by atoms with Gasteiger partial charge in [0.1, 0.15) is 0 Å². The number of aromatic nitrogens is 1. The van der Waals surface area contributed by atoms with Gasteiger partial charge in [-0.15, -0.1) is 0 Å². The van der Waals surface area contributed by atoms with Crippen LogP contribution in [0.5, 0.6) is 0 Å². The number of likely N-dealkylation sites (tertiary alicyclic amines) is 1. The van der Waals surface area contributed by atoms with Crippen molar-refractivity contribution < 1.29 is 4.79 Å². The molecule has 0 saturated carbocycles.